The number of carbonyl (C=O) groups excluding carboxylic acids is 3. The van der Waals surface area contributed by atoms with Gasteiger partial charge in [0.05, 0.1) is 48.1 Å². The van der Waals surface area contributed by atoms with Crippen molar-refractivity contribution in [1.82, 2.24) is 0 Å². The number of thiocarbonyl (C=S) groups is 1. The first kappa shape index (κ1) is 27.0. The van der Waals surface area contributed by atoms with Gasteiger partial charge in [-0.3, -0.25) is 4.79 Å². The number of thioether (sulfide) groups is 2. The van der Waals surface area contributed by atoms with Crippen LogP contribution < -0.4 is 9.64 Å². The van der Waals surface area contributed by atoms with Crippen LogP contribution in [-0.2, 0) is 30.3 Å². The number of hydrogen-bond acceptors (Lipinski definition) is 9. The zero-order valence-electron chi connectivity index (χ0n) is 20.9. The van der Waals surface area contributed by atoms with Crippen molar-refractivity contribution >= 4 is 69.7 Å². The van der Waals surface area contributed by atoms with Gasteiger partial charge in [0.1, 0.15) is 15.6 Å². The van der Waals surface area contributed by atoms with Crippen LogP contribution in [0.1, 0.15) is 25.0 Å². The van der Waals surface area contributed by atoms with E-state index in [0.29, 0.717) is 20.4 Å². The topological polar surface area (TPSA) is 82.1 Å². The van der Waals surface area contributed by atoms with E-state index in [1.807, 2.05) is 62.4 Å². The average molecular weight is 556 g/mol. The molecule has 192 valence electrons. The molecule has 0 unspecified atom stereocenters. The van der Waals surface area contributed by atoms with E-state index in [9.17, 15) is 14.4 Å². The number of ether oxygens (including phenoxy) is 3. The largest absolute Gasteiger partial charge is 0.497 e. The van der Waals surface area contributed by atoms with E-state index in [0.717, 1.165) is 40.4 Å². The molecule has 7 nitrogen and oxygen atoms in total. The number of para-hydroxylation sites is 1. The van der Waals surface area contributed by atoms with E-state index in [1.165, 1.54) is 14.2 Å². The highest BCUT2D eigenvalue weighted by Crippen LogP contribution is 2.56. The van der Waals surface area contributed by atoms with Crippen LogP contribution in [0.4, 0.5) is 5.69 Å². The molecule has 2 aliphatic heterocycles. The molecule has 1 amide bonds. The molecule has 37 heavy (non-hydrogen) atoms. The van der Waals surface area contributed by atoms with Gasteiger partial charge in [-0.1, -0.05) is 66.1 Å². The number of methoxy groups -OCH3 is 3. The maximum Gasteiger partial charge on any atom is 0.346 e. The van der Waals surface area contributed by atoms with Crippen molar-refractivity contribution in [3.8, 4) is 5.75 Å². The fourth-order valence-corrected chi connectivity index (χ4v) is 7.25. The molecule has 0 fully saturated rings. The van der Waals surface area contributed by atoms with Gasteiger partial charge in [0.2, 0.25) is 5.91 Å². The summed E-state index contributed by atoms with van der Waals surface area (Å²) in [6, 6.07) is 14.9. The monoisotopic (exact) mass is 555 g/mol. The van der Waals surface area contributed by atoms with Gasteiger partial charge in [-0.15, -0.1) is 0 Å². The van der Waals surface area contributed by atoms with Crippen molar-refractivity contribution in [2.45, 2.75) is 25.8 Å². The second kappa shape index (κ2) is 10.7. The van der Waals surface area contributed by atoms with E-state index in [-0.39, 0.29) is 22.1 Å². The third kappa shape index (κ3) is 4.93. The van der Waals surface area contributed by atoms with Crippen molar-refractivity contribution in [2.75, 3.05) is 26.2 Å². The van der Waals surface area contributed by atoms with Gasteiger partial charge >= 0.3 is 11.9 Å². The smallest absolute Gasteiger partial charge is 0.346 e. The zero-order chi connectivity index (χ0) is 26.9. The lowest BCUT2D eigenvalue weighted by atomic mass is 9.83. The molecule has 4 rings (SSSR count). The summed E-state index contributed by atoms with van der Waals surface area (Å²) in [5.41, 5.74) is 2.15. The Morgan fingerprint density at radius 1 is 0.892 bits per heavy atom. The summed E-state index contributed by atoms with van der Waals surface area (Å²) in [5, 5.41) is 0. The fraction of sp³-hybridized carbons (Fsp3) is 0.259. The van der Waals surface area contributed by atoms with Crippen LogP contribution in [-0.4, -0.2) is 49.6 Å². The minimum absolute atomic E-state index is 0.107. The number of carbonyl (C=O) groups is 3. The van der Waals surface area contributed by atoms with Crippen LogP contribution in [0.2, 0.25) is 0 Å². The maximum absolute atomic E-state index is 13.7. The Hall–Kier alpha value is -3.08. The van der Waals surface area contributed by atoms with Crippen molar-refractivity contribution in [3.05, 3.63) is 73.7 Å². The molecule has 2 aromatic rings. The number of benzene rings is 2. The summed E-state index contributed by atoms with van der Waals surface area (Å²) >= 11 is 8.25. The van der Waals surface area contributed by atoms with Gasteiger partial charge in [-0.05, 0) is 37.6 Å². The van der Waals surface area contributed by atoms with Crippen LogP contribution in [0.5, 0.6) is 5.75 Å². The predicted octanol–water partition coefficient (Wildman–Crippen LogP) is 5.14. The van der Waals surface area contributed by atoms with Crippen molar-refractivity contribution in [2.24, 2.45) is 0 Å². The third-order valence-electron chi connectivity index (χ3n) is 6.06. The summed E-state index contributed by atoms with van der Waals surface area (Å²) in [5.74, 6) is -0.641. The minimum atomic E-state index is -0.865. The molecule has 0 aromatic heterocycles. The van der Waals surface area contributed by atoms with Crippen LogP contribution in [0.15, 0.2) is 62.6 Å². The zero-order valence-corrected chi connectivity index (χ0v) is 23.4. The average Bonchev–Trinajstić information content (AvgIpc) is 3.33. The summed E-state index contributed by atoms with van der Waals surface area (Å²) in [4.78, 5) is 41.2. The van der Waals surface area contributed by atoms with Crippen molar-refractivity contribution in [1.29, 1.82) is 0 Å². The van der Waals surface area contributed by atoms with Gasteiger partial charge in [0.15, 0.2) is 0 Å². The molecule has 0 aliphatic carbocycles. The lowest BCUT2D eigenvalue weighted by Gasteiger charge is -2.45. The van der Waals surface area contributed by atoms with Gasteiger partial charge in [-0.25, -0.2) is 9.59 Å². The quantitative estimate of drug-likeness (QED) is 0.283. The molecule has 0 saturated carbocycles. The minimum Gasteiger partial charge on any atom is -0.497 e. The lowest BCUT2D eigenvalue weighted by molar-refractivity contribution is -0.138. The van der Waals surface area contributed by atoms with Crippen molar-refractivity contribution in [3.63, 3.8) is 0 Å². The molecule has 0 atom stereocenters. The second-order valence-corrected chi connectivity index (χ2v) is 11.4. The number of amides is 1. The van der Waals surface area contributed by atoms with E-state index in [4.69, 9.17) is 26.4 Å². The summed E-state index contributed by atoms with van der Waals surface area (Å²) in [6.07, 6.45) is 0.181. The molecule has 2 heterocycles. The Morgan fingerprint density at radius 3 is 2.00 bits per heavy atom. The fourth-order valence-electron chi connectivity index (χ4n) is 4.21. The SMILES string of the molecule is COC(=O)C1=C(C(=O)OC)SC(=C2C(=S)C(C)(C)N(C(=O)Cc3ccc(OC)cc3)c3ccccc32)S1. The summed E-state index contributed by atoms with van der Waals surface area (Å²) in [7, 11) is 4.12. The number of fused-ring (bicyclic) bond motifs is 1. The number of rotatable bonds is 5. The molecule has 0 spiro atoms. The van der Waals surface area contributed by atoms with Crippen LogP contribution in [0.3, 0.4) is 0 Å². The predicted molar refractivity (Wildman–Crippen MR) is 150 cm³/mol. The molecule has 0 radical (unpaired) electrons. The molecule has 0 bridgehead atoms. The Labute approximate surface area is 229 Å². The first-order valence-electron chi connectivity index (χ1n) is 11.2. The Kier molecular flexibility index (Phi) is 7.82. The number of hydrogen-bond donors (Lipinski definition) is 0. The van der Waals surface area contributed by atoms with Gasteiger partial charge in [-0.2, -0.15) is 0 Å². The molecule has 0 saturated heterocycles. The van der Waals surface area contributed by atoms with Gasteiger partial charge in [0, 0.05) is 11.1 Å². The highest BCUT2D eigenvalue weighted by molar-refractivity contribution is 8.29. The first-order chi connectivity index (χ1) is 17.6. The molecule has 2 aromatic carbocycles. The summed E-state index contributed by atoms with van der Waals surface area (Å²) < 4.78 is 15.7. The number of esters is 2. The number of anilines is 1. The van der Waals surface area contributed by atoms with Crippen LogP contribution >= 0.6 is 35.7 Å². The second-order valence-electron chi connectivity index (χ2n) is 8.67. The molecular weight excluding hydrogens is 530 g/mol. The number of nitrogens with zero attached hydrogens (tertiary/aromatic N) is 1. The first-order valence-corrected chi connectivity index (χ1v) is 13.3. The van der Waals surface area contributed by atoms with Crippen molar-refractivity contribution < 1.29 is 28.6 Å². The van der Waals surface area contributed by atoms with E-state index < -0.39 is 17.5 Å². The molecule has 10 heteroatoms. The van der Waals surface area contributed by atoms with E-state index in [1.54, 1.807) is 12.0 Å². The Balaban J connectivity index is 1.78. The highest BCUT2D eigenvalue weighted by Gasteiger charge is 2.45. The Bertz CT molecular complexity index is 1330. The molecule has 0 N–H and O–H groups in total. The summed E-state index contributed by atoms with van der Waals surface area (Å²) in [6.45, 7) is 3.80. The standard InChI is InChI=1S/C27H25NO6S3/c1-27(2)23(35)20(26-36-21(24(30)33-4)22(37-26)25(31)34-5)17-8-6-7-9-18(17)28(27)19(29)14-15-10-12-16(32-3)13-11-15/h6-13H,14H2,1-5H3. The van der Waals surface area contributed by atoms with Gasteiger partial charge < -0.3 is 19.1 Å². The van der Waals surface area contributed by atoms with Gasteiger partial charge in [0.25, 0.3) is 0 Å². The van der Waals surface area contributed by atoms with E-state index in [2.05, 4.69) is 0 Å². The molecule has 2 aliphatic rings. The van der Waals surface area contributed by atoms with E-state index >= 15 is 0 Å². The van der Waals surface area contributed by atoms with Crippen LogP contribution in [0.25, 0.3) is 5.57 Å². The third-order valence-corrected chi connectivity index (χ3v) is 9.32. The Morgan fingerprint density at radius 2 is 1.46 bits per heavy atom. The maximum atomic E-state index is 13.7. The van der Waals surface area contributed by atoms with Crippen LogP contribution in [0, 0.1) is 0 Å². The highest BCUT2D eigenvalue weighted by atomic mass is 32.2. The lowest BCUT2D eigenvalue weighted by Crippen LogP contribution is -2.56. The molecular formula is C27H25NO6S3. The normalized spacial score (nSPS) is 16.5.